The van der Waals surface area contributed by atoms with Crippen LogP contribution < -0.4 is 10.2 Å². The maximum atomic E-state index is 12.3. The first-order valence-electron chi connectivity index (χ1n) is 7.28. The number of carbonyl (C=O) groups excluding carboxylic acids is 1. The standard InChI is InChI=1S/C14H14ClN5O3S/c15-8-5-17-14(20-3-1-2-4-20)19-11(8)12(21)16-6-10-18-9(7-24-10)13(22)23/h5,7H,1-4,6H2,(H,16,21)(H,22,23). The average molecular weight is 368 g/mol. The minimum atomic E-state index is -1.10. The third-order valence-electron chi connectivity index (χ3n) is 3.51. The number of aromatic carboxylic acids is 1. The molecule has 24 heavy (non-hydrogen) atoms. The predicted molar refractivity (Wildman–Crippen MR) is 88.7 cm³/mol. The first-order valence-corrected chi connectivity index (χ1v) is 8.54. The van der Waals surface area contributed by atoms with Crippen molar-refractivity contribution >= 4 is 40.8 Å². The highest BCUT2D eigenvalue weighted by atomic mass is 35.5. The summed E-state index contributed by atoms with van der Waals surface area (Å²) in [7, 11) is 0. The van der Waals surface area contributed by atoms with Crippen molar-refractivity contribution in [2.24, 2.45) is 0 Å². The van der Waals surface area contributed by atoms with Crippen LogP contribution in [0.3, 0.4) is 0 Å². The number of amides is 1. The summed E-state index contributed by atoms with van der Waals surface area (Å²) in [5, 5.41) is 13.6. The Bertz CT molecular complexity index is 776. The molecule has 8 nitrogen and oxygen atoms in total. The van der Waals surface area contributed by atoms with Crippen LogP contribution in [0.4, 0.5) is 5.95 Å². The van der Waals surface area contributed by atoms with Gasteiger partial charge in [-0.2, -0.15) is 0 Å². The van der Waals surface area contributed by atoms with Crippen LogP contribution in [-0.4, -0.2) is 45.0 Å². The topological polar surface area (TPSA) is 108 Å². The monoisotopic (exact) mass is 367 g/mol. The molecule has 3 heterocycles. The Hall–Kier alpha value is -2.26. The van der Waals surface area contributed by atoms with Crippen LogP contribution in [0.1, 0.15) is 38.8 Å². The Morgan fingerprint density at radius 2 is 2.08 bits per heavy atom. The molecule has 0 aliphatic carbocycles. The Morgan fingerprint density at radius 1 is 1.33 bits per heavy atom. The van der Waals surface area contributed by atoms with Crippen molar-refractivity contribution in [3.05, 3.63) is 33.0 Å². The maximum absolute atomic E-state index is 12.3. The predicted octanol–water partition coefficient (Wildman–Crippen LogP) is 1.81. The zero-order valence-electron chi connectivity index (χ0n) is 12.5. The molecule has 1 aliphatic rings. The van der Waals surface area contributed by atoms with E-state index in [4.69, 9.17) is 16.7 Å². The zero-order chi connectivity index (χ0) is 17.1. The van der Waals surface area contributed by atoms with Gasteiger partial charge in [0, 0.05) is 18.5 Å². The summed E-state index contributed by atoms with van der Waals surface area (Å²) in [6, 6.07) is 0. The number of carbonyl (C=O) groups is 2. The van der Waals surface area contributed by atoms with Crippen LogP contribution >= 0.6 is 22.9 Å². The summed E-state index contributed by atoms with van der Waals surface area (Å²) >= 11 is 7.19. The Labute approximate surface area is 146 Å². The van der Waals surface area contributed by atoms with Crippen molar-refractivity contribution in [2.75, 3.05) is 18.0 Å². The first kappa shape index (κ1) is 16.6. The SMILES string of the molecule is O=C(O)c1csc(CNC(=O)c2nc(N3CCCC3)ncc2Cl)n1. The van der Waals surface area contributed by atoms with E-state index in [1.807, 2.05) is 4.90 Å². The molecule has 0 bridgehead atoms. The van der Waals surface area contributed by atoms with E-state index in [9.17, 15) is 9.59 Å². The number of nitrogens with zero attached hydrogens (tertiary/aromatic N) is 4. The molecule has 126 valence electrons. The fourth-order valence-electron chi connectivity index (χ4n) is 2.32. The minimum absolute atomic E-state index is 0.0411. The molecular weight excluding hydrogens is 354 g/mol. The van der Waals surface area contributed by atoms with Gasteiger partial charge < -0.3 is 15.3 Å². The number of halogens is 1. The highest BCUT2D eigenvalue weighted by molar-refractivity contribution is 7.09. The number of carboxylic acids is 1. The van der Waals surface area contributed by atoms with Crippen molar-refractivity contribution in [3.8, 4) is 0 Å². The lowest BCUT2D eigenvalue weighted by atomic mass is 10.3. The third kappa shape index (κ3) is 3.62. The summed E-state index contributed by atoms with van der Waals surface area (Å²) in [4.78, 5) is 37.4. The van der Waals surface area contributed by atoms with Crippen LogP contribution in [-0.2, 0) is 6.54 Å². The summed E-state index contributed by atoms with van der Waals surface area (Å²) in [6.45, 7) is 1.83. The summed E-state index contributed by atoms with van der Waals surface area (Å²) in [6.07, 6.45) is 3.57. The molecule has 3 rings (SSSR count). The van der Waals surface area contributed by atoms with Gasteiger partial charge in [-0.05, 0) is 12.8 Å². The van der Waals surface area contributed by atoms with Crippen molar-refractivity contribution < 1.29 is 14.7 Å². The van der Waals surface area contributed by atoms with Crippen molar-refractivity contribution in [2.45, 2.75) is 19.4 Å². The number of hydrogen-bond acceptors (Lipinski definition) is 7. The number of anilines is 1. The number of nitrogens with one attached hydrogen (secondary N) is 1. The van der Waals surface area contributed by atoms with Crippen LogP contribution in [0.25, 0.3) is 0 Å². The molecule has 0 atom stereocenters. The number of thiazole rings is 1. The fraction of sp³-hybridized carbons (Fsp3) is 0.357. The average Bonchev–Trinajstić information content (AvgIpc) is 3.24. The normalized spacial score (nSPS) is 14.0. The molecular formula is C14H14ClN5O3S. The second-order valence-corrected chi connectivity index (χ2v) is 6.52. The number of aromatic nitrogens is 3. The molecule has 2 aromatic rings. The van der Waals surface area contributed by atoms with E-state index in [0.717, 1.165) is 37.3 Å². The largest absolute Gasteiger partial charge is 0.476 e. The molecule has 1 amide bonds. The Kier molecular flexibility index (Phi) is 4.91. The summed E-state index contributed by atoms with van der Waals surface area (Å²) in [5.74, 6) is -1.06. The van der Waals surface area contributed by atoms with Crippen LogP contribution in [0.5, 0.6) is 0 Å². The van der Waals surface area contributed by atoms with Gasteiger partial charge >= 0.3 is 5.97 Å². The minimum Gasteiger partial charge on any atom is -0.476 e. The van der Waals surface area contributed by atoms with Gasteiger partial charge in [-0.25, -0.2) is 19.7 Å². The van der Waals surface area contributed by atoms with Crippen LogP contribution in [0, 0.1) is 0 Å². The second-order valence-electron chi connectivity index (χ2n) is 5.18. The fourth-order valence-corrected chi connectivity index (χ4v) is 3.20. The molecule has 1 aliphatic heterocycles. The Morgan fingerprint density at radius 3 is 2.75 bits per heavy atom. The smallest absolute Gasteiger partial charge is 0.355 e. The zero-order valence-corrected chi connectivity index (χ0v) is 14.1. The van der Waals surface area contributed by atoms with Crippen molar-refractivity contribution in [3.63, 3.8) is 0 Å². The van der Waals surface area contributed by atoms with Gasteiger partial charge in [0.15, 0.2) is 11.4 Å². The van der Waals surface area contributed by atoms with E-state index in [1.165, 1.54) is 11.6 Å². The molecule has 0 unspecified atom stereocenters. The molecule has 1 fully saturated rings. The molecule has 0 spiro atoms. The van der Waals surface area contributed by atoms with Gasteiger partial charge in [-0.3, -0.25) is 4.79 Å². The van der Waals surface area contributed by atoms with E-state index >= 15 is 0 Å². The quantitative estimate of drug-likeness (QED) is 0.829. The molecule has 1 saturated heterocycles. The molecule has 0 aromatic carbocycles. The van der Waals surface area contributed by atoms with Gasteiger partial charge in [-0.15, -0.1) is 11.3 Å². The highest BCUT2D eigenvalue weighted by Gasteiger charge is 2.20. The highest BCUT2D eigenvalue weighted by Crippen LogP contribution is 2.20. The lowest BCUT2D eigenvalue weighted by molar-refractivity contribution is 0.0691. The van der Waals surface area contributed by atoms with E-state index in [1.54, 1.807) is 0 Å². The van der Waals surface area contributed by atoms with Gasteiger partial charge in [0.1, 0.15) is 5.01 Å². The van der Waals surface area contributed by atoms with Crippen LogP contribution in [0.15, 0.2) is 11.6 Å². The van der Waals surface area contributed by atoms with Crippen LogP contribution in [0.2, 0.25) is 5.02 Å². The molecule has 2 aromatic heterocycles. The van der Waals surface area contributed by atoms with E-state index in [0.29, 0.717) is 11.0 Å². The van der Waals surface area contributed by atoms with Gasteiger partial charge in [0.05, 0.1) is 17.8 Å². The number of rotatable bonds is 5. The third-order valence-corrected chi connectivity index (χ3v) is 4.63. The van der Waals surface area contributed by atoms with E-state index < -0.39 is 11.9 Å². The van der Waals surface area contributed by atoms with Gasteiger partial charge in [-0.1, -0.05) is 11.6 Å². The van der Waals surface area contributed by atoms with Crippen molar-refractivity contribution in [1.82, 2.24) is 20.3 Å². The molecule has 0 radical (unpaired) electrons. The van der Waals surface area contributed by atoms with Gasteiger partial charge in [0.2, 0.25) is 5.95 Å². The summed E-state index contributed by atoms with van der Waals surface area (Å²) in [5.41, 5.74) is 0.0595. The molecule has 10 heteroatoms. The second kappa shape index (κ2) is 7.10. The van der Waals surface area contributed by atoms with Gasteiger partial charge in [0.25, 0.3) is 5.91 Å². The molecule has 2 N–H and O–H groups in total. The first-order chi connectivity index (χ1) is 11.5. The Balaban J connectivity index is 1.69. The van der Waals surface area contributed by atoms with E-state index in [2.05, 4.69) is 20.3 Å². The lowest BCUT2D eigenvalue weighted by Crippen LogP contribution is -2.26. The maximum Gasteiger partial charge on any atom is 0.355 e. The van der Waals surface area contributed by atoms with Crippen molar-refractivity contribution in [1.29, 1.82) is 0 Å². The molecule has 0 saturated carbocycles. The number of carboxylic acid groups (broad SMARTS) is 1. The number of hydrogen-bond donors (Lipinski definition) is 2. The summed E-state index contributed by atoms with van der Waals surface area (Å²) < 4.78 is 0. The lowest BCUT2D eigenvalue weighted by Gasteiger charge is -2.15. The van der Waals surface area contributed by atoms with E-state index in [-0.39, 0.29) is 23.0 Å².